The van der Waals surface area contributed by atoms with E-state index in [1.165, 1.54) is 43.8 Å². The predicted octanol–water partition coefficient (Wildman–Crippen LogP) is 9.73. The molecule has 2 unspecified atom stereocenters. The summed E-state index contributed by atoms with van der Waals surface area (Å²) in [5, 5.41) is 5.16. The van der Waals surface area contributed by atoms with Gasteiger partial charge in [0.2, 0.25) is 0 Å². The van der Waals surface area contributed by atoms with Gasteiger partial charge in [-0.05, 0) is 50.2 Å². The van der Waals surface area contributed by atoms with Crippen molar-refractivity contribution in [3.63, 3.8) is 0 Å². The lowest BCUT2D eigenvalue weighted by molar-refractivity contribution is 0.426. The van der Waals surface area contributed by atoms with Crippen molar-refractivity contribution in [3.8, 4) is 0 Å². The maximum absolute atomic E-state index is 4.43. The summed E-state index contributed by atoms with van der Waals surface area (Å²) in [7, 11) is 0. The van der Waals surface area contributed by atoms with E-state index in [1.807, 2.05) is 0 Å². The van der Waals surface area contributed by atoms with Crippen molar-refractivity contribution in [1.82, 2.24) is 0 Å². The van der Waals surface area contributed by atoms with Gasteiger partial charge in [0, 0.05) is 11.3 Å². The molecule has 0 amide bonds. The first-order valence-electron chi connectivity index (χ1n) is 13.2. The van der Waals surface area contributed by atoms with Gasteiger partial charge in [0.25, 0.3) is 0 Å². The first kappa shape index (κ1) is 23.3. The Hall–Kier alpha value is -4.16. The van der Waals surface area contributed by atoms with Crippen LogP contribution in [0.15, 0.2) is 146 Å². The first-order valence-corrected chi connectivity index (χ1v) is 13.2. The molecule has 0 aliphatic carbocycles. The Bertz CT molecular complexity index is 1620. The standard InChI is InChI=1S/C37H31/c1-2-27-37(31-21-7-4-8-22-31,35-26-14-20-29-16-10-12-24-33(29)35)36(30-17-5-3-6-18-30)34-25-13-19-28-15-9-11-23-32(28)34/h3-26,36H,1-2,27H2. The number of hydrogen-bond acceptors (Lipinski definition) is 0. The maximum Gasteiger partial charge on any atom is 0.0318 e. The SMILES string of the molecule is [CH2]CCC(c1ccccc1)(c1cccc2ccccc12)C(c1ccccc1)c1cccc2ccccc12. The molecular weight excluding hydrogens is 444 g/mol. The Morgan fingerprint density at radius 1 is 0.514 bits per heavy atom. The maximum atomic E-state index is 4.43. The van der Waals surface area contributed by atoms with E-state index in [0.717, 1.165) is 12.8 Å². The van der Waals surface area contributed by atoms with Crippen LogP contribution in [0, 0.1) is 6.92 Å². The Morgan fingerprint density at radius 3 is 1.76 bits per heavy atom. The minimum absolute atomic E-state index is 0.0924. The highest BCUT2D eigenvalue weighted by molar-refractivity contribution is 5.90. The molecule has 0 saturated carbocycles. The third kappa shape index (κ3) is 4.03. The zero-order valence-corrected chi connectivity index (χ0v) is 21.1. The van der Waals surface area contributed by atoms with Crippen molar-refractivity contribution in [1.29, 1.82) is 0 Å². The van der Waals surface area contributed by atoms with Gasteiger partial charge in [-0.2, -0.15) is 0 Å². The van der Waals surface area contributed by atoms with E-state index in [0.29, 0.717) is 0 Å². The number of fused-ring (bicyclic) bond motifs is 2. The average Bonchev–Trinajstić information content (AvgIpc) is 2.98. The predicted molar refractivity (Wildman–Crippen MR) is 158 cm³/mol. The first-order chi connectivity index (χ1) is 18.3. The Morgan fingerprint density at radius 2 is 1.05 bits per heavy atom. The molecule has 0 saturated heterocycles. The van der Waals surface area contributed by atoms with E-state index >= 15 is 0 Å². The fourth-order valence-corrected chi connectivity index (χ4v) is 6.41. The summed E-state index contributed by atoms with van der Waals surface area (Å²) < 4.78 is 0. The molecule has 0 aliphatic rings. The van der Waals surface area contributed by atoms with Crippen molar-refractivity contribution in [3.05, 3.63) is 175 Å². The van der Waals surface area contributed by atoms with Gasteiger partial charge in [-0.1, -0.05) is 159 Å². The molecule has 0 heteroatoms. The molecule has 2 atom stereocenters. The second kappa shape index (κ2) is 10.1. The summed E-state index contributed by atoms with van der Waals surface area (Å²) in [5.74, 6) is 0.0924. The molecule has 1 radical (unpaired) electrons. The van der Waals surface area contributed by atoms with Crippen LogP contribution in [-0.4, -0.2) is 0 Å². The zero-order valence-electron chi connectivity index (χ0n) is 21.1. The van der Waals surface area contributed by atoms with E-state index in [4.69, 9.17) is 0 Å². The molecule has 6 aromatic rings. The molecular formula is C37H31. The van der Waals surface area contributed by atoms with Crippen LogP contribution < -0.4 is 0 Å². The van der Waals surface area contributed by atoms with Gasteiger partial charge in [-0.15, -0.1) is 0 Å². The van der Waals surface area contributed by atoms with Crippen molar-refractivity contribution in [2.24, 2.45) is 0 Å². The van der Waals surface area contributed by atoms with E-state index in [9.17, 15) is 0 Å². The van der Waals surface area contributed by atoms with Crippen LogP contribution in [0.3, 0.4) is 0 Å². The van der Waals surface area contributed by atoms with Gasteiger partial charge in [0.1, 0.15) is 0 Å². The van der Waals surface area contributed by atoms with Crippen molar-refractivity contribution < 1.29 is 0 Å². The van der Waals surface area contributed by atoms with E-state index < -0.39 is 0 Å². The highest BCUT2D eigenvalue weighted by Gasteiger charge is 2.44. The zero-order chi connectivity index (χ0) is 25.1. The Balaban J connectivity index is 1.79. The van der Waals surface area contributed by atoms with E-state index in [1.54, 1.807) is 0 Å². The molecule has 0 bridgehead atoms. The van der Waals surface area contributed by atoms with Crippen LogP contribution in [0.2, 0.25) is 0 Å². The third-order valence-corrected chi connectivity index (χ3v) is 7.89. The second-order valence-electron chi connectivity index (χ2n) is 9.88. The van der Waals surface area contributed by atoms with Crippen LogP contribution in [0.4, 0.5) is 0 Å². The fraction of sp³-hybridized carbons (Fsp3) is 0.108. The van der Waals surface area contributed by atoms with Crippen LogP contribution in [0.5, 0.6) is 0 Å². The molecule has 0 aromatic heterocycles. The lowest BCUT2D eigenvalue weighted by atomic mass is 9.58. The molecule has 6 rings (SSSR count). The minimum Gasteiger partial charge on any atom is -0.0622 e. The molecule has 179 valence electrons. The van der Waals surface area contributed by atoms with Crippen molar-refractivity contribution in [2.45, 2.75) is 24.2 Å². The Labute approximate surface area is 220 Å². The largest absolute Gasteiger partial charge is 0.0622 e. The number of rotatable bonds is 7. The summed E-state index contributed by atoms with van der Waals surface area (Å²) in [6.45, 7) is 4.43. The smallest absolute Gasteiger partial charge is 0.0318 e. The van der Waals surface area contributed by atoms with Gasteiger partial charge in [-0.3, -0.25) is 0 Å². The van der Waals surface area contributed by atoms with Crippen LogP contribution in [-0.2, 0) is 5.41 Å². The number of benzene rings is 6. The van der Waals surface area contributed by atoms with Gasteiger partial charge < -0.3 is 0 Å². The van der Waals surface area contributed by atoms with Crippen LogP contribution in [0.25, 0.3) is 21.5 Å². The van der Waals surface area contributed by atoms with Crippen LogP contribution in [0.1, 0.15) is 41.0 Å². The Kier molecular flexibility index (Phi) is 6.33. The fourth-order valence-electron chi connectivity index (χ4n) is 6.41. The van der Waals surface area contributed by atoms with E-state index in [2.05, 4.69) is 153 Å². The molecule has 0 nitrogen and oxygen atoms in total. The average molecular weight is 476 g/mol. The van der Waals surface area contributed by atoms with Crippen molar-refractivity contribution in [2.75, 3.05) is 0 Å². The molecule has 0 aliphatic heterocycles. The number of hydrogen-bond donors (Lipinski definition) is 0. The summed E-state index contributed by atoms with van der Waals surface area (Å²) >= 11 is 0. The highest BCUT2D eigenvalue weighted by atomic mass is 14.5. The normalized spacial score (nSPS) is 13.9. The summed E-state index contributed by atoms with van der Waals surface area (Å²) in [5.41, 5.74) is 5.05. The highest BCUT2D eigenvalue weighted by Crippen LogP contribution is 2.53. The summed E-state index contributed by atoms with van der Waals surface area (Å²) in [6, 6.07) is 53.4. The van der Waals surface area contributed by atoms with E-state index in [-0.39, 0.29) is 11.3 Å². The van der Waals surface area contributed by atoms with Gasteiger partial charge in [0.05, 0.1) is 0 Å². The van der Waals surface area contributed by atoms with Gasteiger partial charge in [0.15, 0.2) is 0 Å². The van der Waals surface area contributed by atoms with Gasteiger partial charge >= 0.3 is 0 Å². The second-order valence-corrected chi connectivity index (χ2v) is 9.88. The molecule has 0 spiro atoms. The molecule has 6 aromatic carbocycles. The minimum atomic E-state index is -0.324. The molecule has 0 heterocycles. The molecule has 0 fully saturated rings. The van der Waals surface area contributed by atoms with Crippen LogP contribution >= 0.6 is 0 Å². The molecule has 0 N–H and O–H groups in total. The summed E-state index contributed by atoms with van der Waals surface area (Å²) in [6.07, 6.45) is 1.75. The lowest BCUT2D eigenvalue weighted by Crippen LogP contribution is -2.36. The topological polar surface area (TPSA) is 0 Å². The van der Waals surface area contributed by atoms with Gasteiger partial charge in [-0.25, -0.2) is 0 Å². The molecule has 37 heavy (non-hydrogen) atoms. The van der Waals surface area contributed by atoms with Crippen molar-refractivity contribution >= 4 is 21.5 Å². The third-order valence-electron chi connectivity index (χ3n) is 7.89. The lowest BCUT2D eigenvalue weighted by Gasteiger charge is -2.44. The monoisotopic (exact) mass is 475 g/mol. The quantitative estimate of drug-likeness (QED) is 0.215. The summed E-state index contributed by atoms with van der Waals surface area (Å²) in [4.78, 5) is 0.